The molecule has 0 saturated carbocycles. The fraction of sp³-hybridized carbons (Fsp3) is 0.800. The zero-order valence-corrected chi connectivity index (χ0v) is 12.0. The number of carboxylic acid groups (broad SMARTS) is 1. The lowest BCUT2D eigenvalue weighted by atomic mass is 10.1. The highest BCUT2D eigenvalue weighted by Crippen LogP contribution is 2.03. The molecule has 19 heavy (non-hydrogen) atoms. The Hall–Kier alpha value is -1.35. The van der Waals surface area contributed by atoms with Gasteiger partial charge in [0.05, 0.1) is 12.5 Å². The number of nitrogens with one attached hydrogen (secondary N) is 2. The molecule has 0 radical (unpaired) electrons. The van der Waals surface area contributed by atoms with Crippen LogP contribution in [0.25, 0.3) is 0 Å². The van der Waals surface area contributed by atoms with E-state index >= 15 is 0 Å². The SMILES string of the molecule is CCCC(CC(=O)O)NS(=O)(=O)NC(=O)OC(C)C. The van der Waals surface area contributed by atoms with Crippen molar-refractivity contribution < 1.29 is 27.9 Å². The number of hydrogen-bond donors (Lipinski definition) is 3. The molecule has 0 rings (SSSR count). The Bertz CT molecular complexity index is 406. The zero-order valence-electron chi connectivity index (χ0n) is 11.2. The second kappa shape index (κ2) is 7.95. The Kier molecular flexibility index (Phi) is 7.38. The molecule has 1 atom stereocenters. The summed E-state index contributed by atoms with van der Waals surface area (Å²) >= 11 is 0. The van der Waals surface area contributed by atoms with Crippen LogP contribution in [0.5, 0.6) is 0 Å². The highest BCUT2D eigenvalue weighted by atomic mass is 32.2. The Labute approximate surface area is 112 Å². The molecule has 8 nitrogen and oxygen atoms in total. The first-order valence-corrected chi connectivity index (χ1v) is 7.37. The second-order valence-electron chi connectivity index (χ2n) is 4.26. The first-order chi connectivity index (χ1) is 8.66. The normalized spacial score (nSPS) is 13.1. The molecule has 0 bridgehead atoms. The van der Waals surface area contributed by atoms with Crippen LogP contribution < -0.4 is 9.44 Å². The molecule has 0 aromatic carbocycles. The van der Waals surface area contributed by atoms with Crippen LogP contribution in [0, 0.1) is 0 Å². The summed E-state index contributed by atoms with van der Waals surface area (Å²) in [5, 5.41) is 8.66. The molecule has 0 fully saturated rings. The van der Waals surface area contributed by atoms with Crippen LogP contribution in [0.1, 0.15) is 40.0 Å². The van der Waals surface area contributed by atoms with E-state index in [0.717, 1.165) is 0 Å². The number of carbonyl (C=O) groups excluding carboxylic acids is 1. The van der Waals surface area contributed by atoms with Crippen LogP contribution in [0.3, 0.4) is 0 Å². The van der Waals surface area contributed by atoms with Gasteiger partial charge in [0.2, 0.25) is 0 Å². The Balaban J connectivity index is 4.54. The molecule has 0 aliphatic carbocycles. The summed E-state index contributed by atoms with van der Waals surface area (Å²) in [6.45, 7) is 4.94. The van der Waals surface area contributed by atoms with Crippen molar-refractivity contribution in [2.75, 3.05) is 0 Å². The van der Waals surface area contributed by atoms with Crippen molar-refractivity contribution in [3.05, 3.63) is 0 Å². The molecule has 0 heterocycles. The van der Waals surface area contributed by atoms with Crippen molar-refractivity contribution in [1.29, 1.82) is 0 Å². The molecule has 0 saturated heterocycles. The van der Waals surface area contributed by atoms with E-state index in [9.17, 15) is 18.0 Å². The molecule has 0 aromatic rings. The van der Waals surface area contributed by atoms with Gasteiger partial charge in [-0.05, 0) is 20.3 Å². The van der Waals surface area contributed by atoms with E-state index in [0.29, 0.717) is 12.8 Å². The highest BCUT2D eigenvalue weighted by Gasteiger charge is 2.22. The smallest absolute Gasteiger partial charge is 0.422 e. The second-order valence-corrected chi connectivity index (χ2v) is 5.71. The van der Waals surface area contributed by atoms with Gasteiger partial charge in [0.1, 0.15) is 0 Å². The van der Waals surface area contributed by atoms with E-state index in [4.69, 9.17) is 5.11 Å². The van der Waals surface area contributed by atoms with E-state index in [1.165, 1.54) is 0 Å². The minimum Gasteiger partial charge on any atom is -0.481 e. The van der Waals surface area contributed by atoms with Gasteiger partial charge in [-0.3, -0.25) is 4.79 Å². The summed E-state index contributed by atoms with van der Waals surface area (Å²) in [6.07, 6.45) is -0.953. The average Bonchev–Trinajstić information content (AvgIpc) is 2.12. The van der Waals surface area contributed by atoms with Gasteiger partial charge in [0, 0.05) is 6.04 Å². The molecule has 1 amide bonds. The molecule has 0 aliphatic heterocycles. The molecule has 9 heteroatoms. The molecular weight excluding hydrogens is 276 g/mol. The number of hydrogen-bond acceptors (Lipinski definition) is 5. The van der Waals surface area contributed by atoms with E-state index in [-0.39, 0.29) is 6.42 Å². The van der Waals surface area contributed by atoms with Gasteiger partial charge in [0.25, 0.3) is 0 Å². The first-order valence-electron chi connectivity index (χ1n) is 5.88. The van der Waals surface area contributed by atoms with Gasteiger partial charge in [-0.2, -0.15) is 13.1 Å². The van der Waals surface area contributed by atoms with Gasteiger partial charge in [0.15, 0.2) is 0 Å². The fourth-order valence-electron chi connectivity index (χ4n) is 1.36. The summed E-state index contributed by atoms with van der Waals surface area (Å²) in [7, 11) is -4.13. The van der Waals surface area contributed by atoms with Gasteiger partial charge in [-0.25, -0.2) is 9.52 Å². The van der Waals surface area contributed by atoms with Crippen molar-refractivity contribution in [2.24, 2.45) is 0 Å². The number of rotatable bonds is 8. The Morgan fingerprint density at radius 1 is 1.32 bits per heavy atom. The van der Waals surface area contributed by atoms with Crippen LogP contribution in [0.4, 0.5) is 4.79 Å². The molecule has 0 aliphatic rings. The van der Waals surface area contributed by atoms with E-state index in [1.807, 2.05) is 0 Å². The van der Waals surface area contributed by atoms with Gasteiger partial charge in [-0.1, -0.05) is 13.3 Å². The largest absolute Gasteiger partial charge is 0.481 e. The highest BCUT2D eigenvalue weighted by molar-refractivity contribution is 7.88. The number of carbonyl (C=O) groups is 2. The summed E-state index contributed by atoms with van der Waals surface area (Å²) in [6, 6.07) is -0.771. The number of aliphatic carboxylic acids is 1. The topological polar surface area (TPSA) is 122 Å². The zero-order chi connectivity index (χ0) is 15.1. The summed E-state index contributed by atoms with van der Waals surface area (Å²) in [4.78, 5) is 21.8. The number of carboxylic acids is 1. The third kappa shape index (κ3) is 9.25. The van der Waals surface area contributed by atoms with Gasteiger partial charge < -0.3 is 9.84 Å². The lowest BCUT2D eigenvalue weighted by Crippen LogP contribution is -2.46. The van der Waals surface area contributed by atoms with E-state index in [2.05, 4.69) is 9.46 Å². The van der Waals surface area contributed by atoms with Crippen LogP contribution in [-0.4, -0.2) is 37.7 Å². The van der Waals surface area contributed by atoms with E-state index < -0.39 is 34.4 Å². The average molecular weight is 296 g/mol. The maximum Gasteiger partial charge on any atom is 0.422 e. The molecule has 1 unspecified atom stereocenters. The lowest BCUT2D eigenvalue weighted by Gasteiger charge is -2.17. The standard InChI is InChI=1S/C10H20N2O6S/c1-4-5-8(6-9(13)14)11-19(16,17)12-10(15)18-7(2)3/h7-8,11H,4-6H2,1-3H3,(H,12,15)(H,13,14). The maximum absolute atomic E-state index is 11.6. The predicted octanol–water partition coefficient (Wildman–Crippen LogP) is 0.599. The van der Waals surface area contributed by atoms with Crippen molar-refractivity contribution in [2.45, 2.75) is 52.2 Å². The van der Waals surface area contributed by atoms with Crippen molar-refractivity contribution in [3.8, 4) is 0 Å². The van der Waals surface area contributed by atoms with Crippen LogP contribution >= 0.6 is 0 Å². The summed E-state index contributed by atoms with van der Waals surface area (Å²) < 4.78 is 31.5. The minimum atomic E-state index is -4.13. The predicted molar refractivity (Wildman–Crippen MR) is 67.8 cm³/mol. The molecule has 3 N–H and O–H groups in total. The Morgan fingerprint density at radius 3 is 2.32 bits per heavy atom. The van der Waals surface area contributed by atoms with Crippen LogP contribution in [-0.2, 0) is 19.7 Å². The van der Waals surface area contributed by atoms with Crippen molar-refractivity contribution in [3.63, 3.8) is 0 Å². The number of amides is 1. The third-order valence-electron chi connectivity index (χ3n) is 1.94. The van der Waals surface area contributed by atoms with Crippen molar-refractivity contribution >= 4 is 22.3 Å². The lowest BCUT2D eigenvalue weighted by molar-refractivity contribution is -0.137. The van der Waals surface area contributed by atoms with Crippen LogP contribution in [0.2, 0.25) is 0 Å². The van der Waals surface area contributed by atoms with E-state index in [1.54, 1.807) is 25.5 Å². The molecule has 0 spiro atoms. The van der Waals surface area contributed by atoms with Gasteiger partial charge >= 0.3 is 22.3 Å². The van der Waals surface area contributed by atoms with Crippen molar-refractivity contribution in [1.82, 2.24) is 9.44 Å². The Morgan fingerprint density at radius 2 is 1.89 bits per heavy atom. The third-order valence-corrected chi connectivity index (χ3v) is 3.02. The first kappa shape index (κ1) is 17.6. The summed E-state index contributed by atoms with van der Waals surface area (Å²) in [5.41, 5.74) is 0. The van der Waals surface area contributed by atoms with Gasteiger partial charge in [-0.15, -0.1) is 0 Å². The molecule has 0 aromatic heterocycles. The number of ether oxygens (including phenoxy) is 1. The fourth-order valence-corrected chi connectivity index (χ4v) is 2.33. The summed E-state index contributed by atoms with van der Waals surface area (Å²) in [5.74, 6) is -1.12. The molecule has 112 valence electrons. The maximum atomic E-state index is 11.6. The molecular formula is C10H20N2O6S. The minimum absolute atomic E-state index is 0.353. The van der Waals surface area contributed by atoms with Crippen LogP contribution in [0.15, 0.2) is 0 Å². The quantitative estimate of drug-likeness (QED) is 0.603. The monoisotopic (exact) mass is 296 g/mol.